The molecule has 22 heavy (non-hydrogen) atoms. The molecule has 0 bridgehead atoms. The number of amides is 1. The van der Waals surface area contributed by atoms with Crippen LogP contribution in [0.1, 0.15) is 21.1 Å². The van der Waals surface area contributed by atoms with Gasteiger partial charge in [-0.3, -0.25) is 5.32 Å². The van der Waals surface area contributed by atoms with Crippen molar-refractivity contribution in [1.82, 2.24) is 4.98 Å². The topological polar surface area (TPSA) is 60.5 Å². The number of nitrogens with one attached hydrogen (secondary N) is 1. The van der Waals surface area contributed by atoms with Gasteiger partial charge in [-0.25, -0.2) is 14.2 Å². The third-order valence-corrected chi connectivity index (χ3v) is 4.14. The molecule has 1 aromatic carbocycles. The van der Waals surface area contributed by atoms with Gasteiger partial charge < -0.3 is 9.47 Å². The van der Waals surface area contributed by atoms with Crippen molar-refractivity contribution in [2.75, 3.05) is 12.4 Å². The molecule has 2 aromatic rings. The smallest absolute Gasteiger partial charge is 0.411 e. The third kappa shape index (κ3) is 3.94. The standard InChI is InChI=1S/C15H17FN2O3S/c1-9-6-11(4-5-12(9)18-15(19)20-3)21-8-14-17-10(2)13(7-16)22-14/h4-6H,7-8H2,1-3H3,(H,18,19). The minimum atomic E-state index is -0.520. The summed E-state index contributed by atoms with van der Waals surface area (Å²) in [5, 5.41) is 3.35. The van der Waals surface area contributed by atoms with Gasteiger partial charge in [-0.05, 0) is 37.6 Å². The Kier molecular flexibility index (Phi) is 5.32. The van der Waals surface area contributed by atoms with E-state index in [1.807, 2.05) is 13.0 Å². The number of thiazole rings is 1. The largest absolute Gasteiger partial charge is 0.486 e. The average molecular weight is 324 g/mol. The predicted molar refractivity (Wildman–Crippen MR) is 83.2 cm³/mol. The number of carbonyl (C=O) groups is 1. The number of alkyl halides is 1. The molecule has 1 heterocycles. The number of carbonyl (C=O) groups excluding carboxylic acids is 1. The van der Waals surface area contributed by atoms with Gasteiger partial charge in [-0.2, -0.15) is 0 Å². The first kappa shape index (κ1) is 16.2. The molecule has 118 valence electrons. The number of anilines is 1. The molecule has 0 aliphatic heterocycles. The SMILES string of the molecule is COC(=O)Nc1ccc(OCc2nc(C)c(CF)s2)cc1C. The van der Waals surface area contributed by atoms with Crippen LogP contribution in [-0.4, -0.2) is 18.2 Å². The van der Waals surface area contributed by atoms with E-state index in [1.54, 1.807) is 19.1 Å². The van der Waals surface area contributed by atoms with E-state index in [-0.39, 0.29) is 6.61 Å². The van der Waals surface area contributed by atoms with E-state index in [2.05, 4.69) is 15.0 Å². The normalized spacial score (nSPS) is 10.4. The summed E-state index contributed by atoms with van der Waals surface area (Å²) in [6.45, 7) is 3.42. The molecule has 0 saturated heterocycles. The molecule has 1 amide bonds. The van der Waals surface area contributed by atoms with Crippen molar-refractivity contribution in [3.05, 3.63) is 39.3 Å². The van der Waals surface area contributed by atoms with Gasteiger partial charge in [0, 0.05) is 5.69 Å². The van der Waals surface area contributed by atoms with Gasteiger partial charge in [0.05, 0.1) is 17.7 Å². The highest BCUT2D eigenvalue weighted by atomic mass is 32.1. The summed E-state index contributed by atoms with van der Waals surface area (Å²) in [4.78, 5) is 16.1. The fourth-order valence-corrected chi connectivity index (χ4v) is 2.68. The van der Waals surface area contributed by atoms with E-state index >= 15 is 0 Å². The zero-order valence-corrected chi connectivity index (χ0v) is 13.4. The number of nitrogens with zero attached hydrogens (tertiary/aromatic N) is 1. The second-order valence-corrected chi connectivity index (χ2v) is 5.80. The first-order valence-corrected chi connectivity index (χ1v) is 7.44. The van der Waals surface area contributed by atoms with Gasteiger partial charge >= 0.3 is 6.09 Å². The van der Waals surface area contributed by atoms with Gasteiger partial charge in [0.15, 0.2) is 0 Å². The Bertz CT molecular complexity index is 673. The van der Waals surface area contributed by atoms with Crippen LogP contribution >= 0.6 is 11.3 Å². The van der Waals surface area contributed by atoms with E-state index in [0.29, 0.717) is 22.0 Å². The highest BCUT2D eigenvalue weighted by molar-refractivity contribution is 7.11. The molecular weight excluding hydrogens is 307 g/mol. The van der Waals surface area contributed by atoms with Crippen molar-refractivity contribution in [3.63, 3.8) is 0 Å². The van der Waals surface area contributed by atoms with Crippen LogP contribution in [0, 0.1) is 13.8 Å². The van der Waals surface area contributed by atoms with E-state index in [4.69, 9.17) is 4.74 Å². The predicted octanol–water partition coefficient (Wildman–Crippen LogP) is 3.99. The number of aryl methyl sites for hydroxylation is 2. The summed E-state index contributed by atoms with van der Waals surface area (Å²) >= 11 is 1.31. The molecule has 7 heteroatoms. The maximum absolute atomic E-state index is 12.7. The van der Waals surface area contributed by atoms with Gasteiger partial charge in [-0.1, -0.05) is 0 Å². The van der Waals surface area contributed by atoms with Crippen LogP contribution in [0.3, 0.4) is 0 Å². The van der Waals surface area contributed by atoms with Crippen molar-refractivity contribution in [2.24, 2.45) is 0 Å². The Balaban J connectivity index is 2.01. The second kappa shape index (κ2) is 7.22. The number of ether oxygens (including phenoxy) is 2. The summed E-state index contributed by atoms with van der Waals surface area (Å²) in [6.07, 6.45) is -0.520. The summed E-state index contributed by atoms with van der Waals surface area (Å²) in [7, 11) is 1.31. The fourth-order valence-electron chi connectivity index (χ4n) is 1.85. The molecule has 1 N–H and O–H groups in total. The maximum atomic E-state index is 12.7. The van der Waals surface area contributed by atoms with Crippen LogP contribution in [0.5, 0.6) is 5.75 Å². The lowest BCUT2D eigenvalue weighted by molar-refractivity contribution is 0.187. The molecule has 0 saturated carbocycles. The summed E-state index contributed by atoms with van der Waals surface area (Å²) < 4.78 is 22.9. The molecule has 0 unspecified atom stereocenters. The zero-order chi connectivity index (χ0) is 16.1. The molecule has 0 fully saturated rings. The fraction of sp³-hybridized carbons (Fsp3) is 0.333. The summed E-state index contributed by atoms with van der Waals surface area (Å²) in [6, 6.07) is 5.29. The highest BCUT2D eigenvalue weighted by Crippen LogP contribution is 2.24. The quantitative estimate of drug-likeness (QED) is 0.903. The number of hydrogen-bond acceptors (Lipinski definition) is 5. The van der Waals surface area contributed by atoms with Crippen LogP contribution in [0.15, 0.2) is 18.2 Å². The lowest BCUT2D eigenvalue weighted by Crippen LogP contribution is -2.11. The number of halogens is 1. The van der Waals surface area contributed by atoms with Crippen molar-refractivity contribution < 1.29 is 18.7 Å². The van der Waals surface area contributed by atoms with Crippen molar-refractivity contribution >= 4 is 23.1 Å². The Morgan fingerprint density at radius 2 is 2.18 bits per heavy atom. The van der Waals surface area contributed by atoms with Crippen LogP contribution in [0.4, 0.5) is 14.9 Å². The lowest BCUT2D eigenvalue weighted by atomic mass is 10.2. The van der Waals surface area contributed by atoms with Gasteiger partial charge in [0.25, 0.3) is 0 Å². The van der Waals surface area contributed by atoms with Crippen LogP contribution in [0.2, 0.25) is 0 Å². The van der Waals surface area contributed by atoms with Gasteiger partial charge in [-0.15, -0.1) is 11.3 Å². The summed E-state index contributed by atoms with van der Waals surface area (Å²) in [5.41, 5.74) is 2.21. The molecule has 2 rings (SSSR count). The van der Waals surface area contributed by atoms with Crippen molar-refractivity contribution in [1.29, 1.82) is 0 Å². The van der Waals surface area contributed by atoms with Gasteiger partial charge in [0.2, 0.25) is 0 Å². The second-order valence-electron chi connectivity index (χ2n) is 4.63. The van der Waals surface area contributed by atoms with Crippen LogP contribution in [-0.2, 0) is 18.0 Å². The molecule has 0 aliphatic rings. The van der Waals surface area contributed by atoms with Crippen LogP contribution in [0.25, 0.3) is 0 Å². The average Bonchev–Trinajstić information content (AvgIpc) is 2.87. The Morgan fingerprint density at radius 3 is 2.77 bits per heavy atom. The first-order chi connectivity index (χ1) is 10.5. The number of methoxy groups -OCH3 is 1. The van der Waals surface area contributed by atoms with E-state index in [1.165, 1.54) is 18.4 Å². The Morgan fingerprint density at radius 1 is 1.41 bits per heavy atom. The lowest BCUT2D eigenvalue weighted by Gasteiger charge is -2.10. The number of hydrogen-bond donors (Lipinski definition) is 1. The molecule has 0 atom stereocenters. The molecular formula is C15H17FN2O3S. The minimum absolute atomic E-state index is 0.286. The highest BCUT2D eigenvalue weighted by Gasteiger charge is 2.09. The Labute approximate surface area is 132 Å². The van der Waals surface area contributed by atoms with Crippen LogP contribution < -0.4 is 10.1 Å². The molecule has 5 nitrogen and oxygen atoms in total. The van der Waals surface area contributed by atoms with Crippen molar-refractivity contribution in [2.45, 2.75) is 27.1 Å². The number of rotatable bonds is 5. The molecule has 0 spiro atoms. The number of aromatic nitrogens is 1. The zero-order valence-electron chi connectivity index (χ0n) is 12.6. The van der Waals surface area contributed by atoms with Gasteiger partial charge in [0.1, 0.15) is 24.0 Å². The molecule has 1 aromatic heterocycles. The Hall–Kier alpha value is -2.15. The van der Waals surface area contributed by atoms with E-state index in [0.717, 1.165) is 10.6 Å². The third-order valence-electron chi connectivity index (χ3n) is 3.04. The van der Waals surface area contributed by atoms with Crippen molar-refractivity contribution in [3.8, 4) is 5.75 Å². The van der Waals surface area contributed by atoms with E-state index < -0.39 is 12.8 Å². The molecule has 0 aliphatic carbocycles. The first-order valence-electron chi connectivity index (χ1n) is 6.63. The summed E-state index contributed by atoms with van der Waals surface area (Å²) in [5.74, 6) is 0.655. The monoisotopic (exact) mass is 324 g/mol. The minimum Gasteiger partial charge on any atom is -0.486 e. The number of benzene rings is 1. The van der Waals surface area contributed by atoms with E-state index in [9.17, 15) is 9.18 Å². The molecule has 0 radical (unpaired) electrons. The maximum Gasteiger partial charge on any atom is 0.411 e.